The number of aromatic nitrogens is 2. The summed E-state index contributed by atoms with van der Waals surface area (Å²) in [5.41, 5.74) is -1.33. The third-order valence-electron chi connectivity index (χ3n) is 1.39. The van der Waals surface area contributed by atoms with Crippen LogP contribution in [0.4, 0.5) is 4.39 Å². The Balaban J connectivity index is 3.32. The molecule has 1 N–H and O–H groups in total. The number of aromatic amines is 1. The minimum absolute atomic E-state index is 0.400. The van der Waals surface area contributed by atoms with Crippen LogP contribution in [0.15, 0.2) is 4.79 Å². The quantitative estimate of drug-likeness (QED) is 0.591. The summed E-state index contributed by atoms with van der Waals surface area (Å²) in [4.78, 5) is 21.4. The molecule has 0 aromatic carbocycles. The van der Waals surface area contributed by atoms with E-state index in [1.807, 2.05) is 0 Å². The van der Waals surface area contributed by atoms with Crippen LogP contribution in [0.2, 0.25) is 0 Å². The van der Waals surface area contributed by atoms with Gasteiger partial charge in [0, 0.05) is 7.05 Å². The lowest BCUT2D eigenvalue weighted by atomic mass is 10.4. The van der Waals surface area contributed by atoms with E-state index in [1.54, 1.807) is 0 Å². The molecule has 0 saturated carbocycles. The first-order valence-electron chi connectivity index (χ1n) is 3.10. The van der Waals surface area contributed by atoms with E-state index in [-0.39, 0.29) is 0 Å². The summed E-state index contributed by atoms with van der Waals surface area (Å²) in [5, 5.41) is 2.08. The summed E-state index contributed by atoms with van der Waals surface area (Å²) in [6.07, 6.45) is 0. The van der Waals surface area contributed by atoms with E-state index >= 15 is 0 Å². The largest absolute Gasteiger partial charge is 0.464 e. The van der Waals surface area contributed by atoms with Crippen molar-refractivity contribution in [1.82, 2.24) is 9.78 Å². The highest BCUT2D eigenvalue weighted by Crippen LogP contribution is 2.01. The van der Waals surface area contributed by atoms with Crippen LogP contribution in [0.5, 0.6) is 0 Å². The number of nitrogens with zero attached hydrogens (tertiary/aromatic N) is 1. The second-order valence-electron chi connectivity index (χ2n) is 2.15. The molecule has 0 aliphatic carbocycles. The van der Waals surface area contributed by atoms with E-state index in [0.29, 0.717) is 0 Å². The molecule has 0 bridgehead atoms. The van der Waals surface area contributed by atoms with Crippen LogP contribution in [-0.4, -0.2) is 22.9 Å². The maximum atomic E-state index is 12.8. The van der Waals surface area contributed by atoms with Gasteiger partial charge in [0.05, 0.1) is 7.11 Å². The Hall–Kier alpha value is -1.59. The number of methoxy groups -OCH3 is 1. The molecule has 0 radical (unpaired) electrons. The van der Waals surface area contributed by atoms with Gasteiger partial charge in [-0.2, -0.15) is 4.39 Å². The van der Waals surface area contributed by atoms with Crippen LogP contribution < -0.4 is 5.56 Å². The van der Waals surface area contributed by atoms with Crippen LogP contribution in [-0.2, 0) is 11.8 Å². The Morgan fingerprint density at radius 1 is 1.67 bits per heavy atom. The van der Waals surface area contributed by atoms with E-state index in [2.05, 4.69) is 9.84 Å². The second kappa shape index (κ2) is 2.80. The Morgan fingerprint density at radius 3 is 2.58 bits per heavy atom. The molecule has 12 heavy (non-hydrogen) atoms. The molecule has 0 spiro atoms. The number of rotatable bonds is 1. The third kappa shape index (κ3) is 1.11. The van der Waals surface area contributed by atoms with Crippen LogP contribution >= 0.6 is 0 Å². The number of aryl methyl sites for hydroxylation is 1. The Morgan fingerprint density at radius 2 is 2.25 bits per heavy atom. The molecule has 66 valence electrons. The lowest BCUT2D eigenvalue weighted by Gasteiger charge is -1.98. The molecule has 1 aromatic heterocycles. The molecule has 5 nitrogen and oxygen atoms in total. The summed E-state index contributed by atoms with van der Waals surface area (Å²) in [5.74, 6) is -2.00. The summed E-state index contributed by atoms with van der Waals surface area (Å²) in [7, 11) is 2.45. The molecule has 0 fully saturated rings. The molecule has 0 unspecified atom stereocenters. The van der Waals surface area contributed by atoms with Crippen molar-refractivity contribution in [3.05, 3.63) is 21.9 Å². The zero-order valence-corrected chi connectivity index (χ0v) is 6.55. The average Bonchev–Trinajstić information content (AvgIpc) is 2.26. The van der Waals surface area contributed by atoms with Crippen molar-refractivity contribution in [2.45, 2.75) is 0 Å². The number of halogens is 1. The van der Waals surface area contributed by atoms with Crippen LogP contribution in [0.1, 0.15) is 10.5 Å². The highest BCUT2D eigenvalue weighted by molar-refractivity contribution is 5.87. The first kappa shape index (κ1) is 8.51. The molecular weight excluding hydrogens is 167 g/mol. The highest BCUT2D eigenvalue weighted by atomic mass is 19.1. The molecule has 1 heterocycles. The van der Waals surface area contributed by atoms with Crippen LogP contribution in [0.3, 0.4) is 0 Å². The molecule has 0 atom stereocenters. The predicted octanol–water partition coefficient (Wildman–Crippen LogP) is -0.361. The number of hydrogen-bond acceptors (Lipinski definition) is 3. The molecular formula is C6H7FN2O3. The van der Waals surface area contributed by atoms with Gasteiger partial charge in [0.1, 0.15) is 0 Å². The van der Waals surface area contributed by atoms with Gasteiger partial charge in [-0.05, 0) is 0 Å². The van der Waals surface area contributed by atoms with Gasteiger partial charge >= 0.3 is 11.5 Å². The fourth-order valence-electron chi connectivity index (χ4n) is 0.835. The normalized spacial score (nSPS) is 9.92. The Bertz CT molecular complexity index is 365. The van der Waals surface area contributed by atoms with Gasteiger partial charge in [0.2, 0.25) is 5.82 Å². The van der Waals surface area contributed by atoms with Gasteiger partial charge in [0.15, 0.2) is 5.69 Å². The minimum Gasteiger partial charge on any atom is -0.464 e. The van der Waals surface area contributed by atoms with Crippen molar-refractivity contribution in [2.24, 2.45) is 7.05 Å². The van der Waals surface area contributed by atoms with Crippen LogP contribution in [0.25, 0.3) is 0 Å². The maximum absolute atomic E-state index is 12.8. The van der Waals surface area contributed by atoms with Crippen molar-refractivity contribution < 1.29 is 13.9 Å². The summed E-state index contributed by atoms with van der Waals surface area (Å²) < 4.78 is 18.0. The SMILES string of the molecule is COC(=O)c1c(F)c(=O)[nH]n1C. The van der Waals surface area contributed by atoms with Gasteiger partial charge in [-0.15, -0.1) is 0 Å². The van der Waals surface area contributed by atoms with Gasteiger partial charge in [-0.1, -0.05) is 0 Å². The standard InChI is InChI=1S/C6H7FN2O3/c1-9-4(6(11)12-2)3(7)5(10)8-9/h1-2H3,(H,8,10). The van der Waals surface area contributed by atoms with Gasteiger partial charge in [-0.3, -0.25) is 14.6 Å². The second-order valence-corrected chi connectivity index (χ2v) is 2.15. The number of ether oxygens (including phenoxy) is 1. The predicted molar refractivity (Wildman–Crippen MR) is 37.3 cm³/mol. The number of carbonyl (C=O) groups is 1. The highest BCUT2D eigenvalue weighted by Gasteiger charge is 2.20. The van der Waals surface area contributed by atoms with Crippen LogP contribution in [0, 0.1) is 5.82 Å². The number of H-pyrrole nitrogens is 1. The molecule has 0 aliphatic heterocycles. The zero-order chi connectivity index (χ0) is 9.30. The third-order valence-corrected chi connectivity index (χ3v) is 1.39. The summed E-state index contributed by atoms with van der Waals surface area (Å²) in [6.45, 7) is 0. The van der Waals surface area contributed by atoms with Gasteiger partial charge in [0.25, 0.3) is 0 Å². The average molecular weight is 174 g/mol. The minimum atomic E-state index is -1.12. The van der Waals surface area contributed by atoms with Crippen molar-refractivity contribution in [3.63, 3.8) is 0 Å². The molecule has 6 heteroatoms. The lowest BCUT2D eigenvalue weighted by Crippen LogP contribution is -2.10. The van der Waals surface area contributed by atoms with Gasteiger partial charge in [-0.25, -0.2) is 4.79 Å². The van der Waals surface area contributed by atoms with Gasteiger partial charge < -0.3 is 4.74 Å². The van der Waals surface area contributed by atoms with E-state index in [9.17, 15) is 14.0 Å². The van der Waals surface area contributed by atoms with E-state index < -0.39 is 23.0 Å². The zero-order valence-electron chi connectivity index (χ0n) is 6.55. The first-order valence-corrected chi connectivity index (χ1v) is 3.10. The number of nitrogens with one attached hydrogen (secondary N) is 1. The fourth-order valence-corrected chi connectivity index (χ4v) is 0.835. The molecule has 1 rings (SSSR count). The first-order chi connectivity index (χ1) is 5.57. The Labute approximate surface area is 66.7 Å². The topological polar surface area (TPSA) is 64.1 Å². The van der Waals surface area contributed by atoms with E-state index in [4.69, 9.17) is 0 Å². The number of esters is 1. The maximum Gasteiger partial charge on any atom is 0.359 e. The molecule has 0 amide bonds. The van der Waals surface area contributed by atoms with E-state index in [0.717, 1.165) is 11.8 Å². The van der Waals surface area contributed by atoms with Crippen molar-refractivity contribution >= 4 is 5.97 Å². The summed E-state index contributed by atoms with van der Waals surface area (Å²) in [6, 6.07) is 0. The smallest absolute Gasteiger partial charge is 0.359 e. The number of carbonyl (C=O) groups excluding carboxylic acids is 1. The van der Waals surface area contributed by atoms with Crippen molar-refractivity contribution in [3.8, 4) is 0 Å². The van der Waals surface area contributed by atoms with Crippen molar-refractivity contribution in [2.75, 3.05) is 7.11 Å². The van der Waals surface area contributed by atoms with E-state index in [1.165, 1.54) is 7.05 Å². The Kier molecular flexibility index (Phi) is 1.99. The van der Waals surface area contributed by atoms with Crippen molar-refractivity contribution in [1.29, 1.82) is 0 Å². The number of hydrogen-bond donors (Lipinski definition) is 1. The molecule has 1 aromatic rings. The summed E-state index contributed by atoms with van der Waals surface area (Å²) >= 11 is 0. The molecule has 0 saturated heterocycles. The fraction of sp³-hybridized carbons (Fsp3) is 0.333. The lowest BCUT2D eigenvalue weighted by molar-refractivity contribution is 0.0583. The monoisotopic (exact) mass is 174 g/mol. The molecule has 0 aliphatic rings.